The van der Waals surface area contributed by atoms with Crippen LogP contribution in [-0.2, 0) is 16.8 Å². The summed E-state index contributed by atoms with van der Waals surface area (Å²) in [5.74, 6) is 0.498. The summed E-state index contributed by atoms with van der Waals surface area (Å²) in [5, 5.41) is 17.1. The number of rotatable bonds is 8. The van der Waals surface area contributed by atoms with Gasteiger partial charge in [-0.1, -0.05) is 42.9 Å². The molecule has 0 aliphatic carbocycles. The number of hydrogen-bond acceptors (Lipinski definition) is 6. The van der Waals surface area contributed by atoms with Crippen molar-refractivity contribution in [1.29, 1.82) is 5.41 Å². The van der Waals surface area contributed by atoms with E-state index in [0.29, 0.717) is 16.0 Å². The summed E-state index contributed by atoms with van der Waals surface area (Å²) in [4.78, 5) is 18.9. The fourth-order valence-electron chi connectivity index (χ4n) is 2.90. The van der Waals surface area contributed by atoms with Crippen LogP contribution in [0.5, 0.6) is 0 Å². The molecule has 182 valence electrons. The molecule has 7 nitrogen and oxygen atoms in total. The Morgan fingerprint density at radius 3 is 2.31 bits per heavy atom. The molecule has 3 rings (SSSR count). The second kappa shape index (κ2) is 16.4. The normalized spacial score (nSPS) is 10.0. The summed E-state index contributed by atoms with van der Waals surface area (Å²) in [6.07, 6.45) is 6.07. The summed E-state index contributed by atoms with van der Waals surface area (Å²) in [6.45, 7) is 6.37. The molecule has 0 saturated carbocycles. The molecule has 0 unspecified atom stereocenters. The van der Waals surface area contributed by atoms with Gasteiger partial charge in [-0.3, -0.25) is 9.97 Å². The number of nitrogens with zero attached hydrogens (tertiary/aromatic N) is 2. The van der Waals surface area contributed by atoms with E-state index in [4.69, 9.17) is 28.6 Å². The van der Waals surface area contributed by atoms with Crippen molar-refractivity contribution in [2.45, 2.75) is 40.2 Å². The van der Waals surface area contributed by atoms with E-state index >= 15 is 0 Å². The molecule has 3 aromatic rings. The third-order valence-electron chi connectivity index (χ3n) is 4.86. The van der Waals surface area contributed by atoms with Gasteiger partial charge in [-0.2, -0.15) is 18.2 Å². The average molecular weight is 540 g/mol. The molecule has 10 heteroatoms. The van der Waals surface area contributed by atoms with Crippen LogP contribution >= 0.6 is 23.2 Å². The van der Waals surface area contributed by atoms with Crippen LogP contribution < -0.4 is 67.3 Å². The molecular formula is C25H29Cl2KN6O-2. The number of anilines is 3. The topological polar surface area (TPSA) is 103 Å². The van der Waals surface area contributed by atoms with Gasteiger partial charge in [0.2, 0.25) is 0 Å². The fraction of sp³-hybridized carbons (Fsp3) is 0.280. The molecule has 0 aliphatic heterocycles. The Hall–Kier alpha value is -1.36. The molecule has 0 spiro atoms. The van der Waals surface area contributed by atoms with Gasteiger partial charge in [0.15, 0.2) is 5.95 Å². The second-order valence-corrected chi connectivity index (χ2v) is 8.19. The van der Waals surface area contributed by atoms with Gasteiger partial charge in [-0.05, 0) is 56.4 Å². The summed E-state index contributed by atoms with van der Waals surface area (Å²) in [5.41, 5.74) is 3.39. The maximum atomic E-state index is 10.6. The second-order valence-electron chi connectivity index (χ2n) is 7.38. The molecule has 1 aromatic heterocycles. The Kier molecular flexibility index (Phi) is 15.8. The molecule has 1 heterocycles. The molecule has 1 amide bonds. The van der Waals surface area contributed by atoms with E-state index in [9.17, 15) is 4.79 Å². The maximum Gasteiger partial charge on any atom is 1.00 e. The molecular weight excluding hydrogens is 510 g/mol. The van der Waals surface area contributed by atoms with Crippen LogP contribution in [-0.4, -0.2) is 29.6 Å². The van der Waals surface area contributed by atoms with Crippen LogP contribution in [0.2, 0.25) is 10.0 Å². The molecule has 2 aromatic carbocycles. The van der Waals surface area contributed by atoms with Gasteiger partial charge in [-0.25, -0.2) is 0 Å². The summed E-state index contributed by atoms with van der Waals surface area (Å²) in [6, 6.07) is 14.0. The van der Waals surface area contributed by atoms with Gasteiger partial charge in [-0.15, -0.1) is 34.8 Å². The van der Waals surface area contributed by atoms with Crippen molar-refractivity contribution in [3.63, 3.8) is 0 Å². The first-order chi connectivity index (χ1) is 15.7. The zero-order chi connectivity index (χ0) is 24.4. The number of nitrogens with one attached hydrogen (secondary N) is 4. The fourth-order valence-corrected chi connectivity index (χ4v) is 3.30. The van der Waals surface area contributed by atoms with Crippen LogP contribution in [0.4, 0.5) is 17.5 Å². The average Bonchev–Trinajstić information content (AvgIpc) is 2.80. The SMILES string of the molecule is C.CCc1ccc(Nc2ncc([C-]=N)c(N[C-]=O)n2)cc1C(C)(C)NC.Clc1[c-]c(Cl)ccc1.[K+]. The summed E-state index contributed by atoms with van der Waals surface area (Å²) in [7, 11) is 1.93. The molecule has 0 atom stereocenters. The Bertz CT molecular complexity index is 1090. The minimum Gasteiger partial charge on any atom is -0.476 e. The van der Waals surface area contributed by atoms with Crippen LogP contribution in [0.1, 0.15) is 44.9 Å². The smallest absolute Gasteiger partial charge is 0.476 e. The largest absolute Gasteiger partial charge is 1.00 e. The van der Waals surface area contributed by atoms with Gasteiger partial charge in [0, 0.05) is 11.2 Å². The Morgan fingerprint density at radius 1 is 1.17 bits per heavy atom. The molecule has 0 aliphatic rings. The van der Waals surface area contributed by atoms with Crippen LogP contribution in [0, 0.1) is 11.5 Å². The van der Waals surface area contributed by atoms with Crippen LogP contribution in [0.25, 0.3) is 0 Å². The minimum absolute atomic E-state index is 0. The van der Waals surface area contributed by atoms with Crippen molar-refractivity contribution < 1.29 is 56.2 Å². The predicted octanol–water partition coefficient (Wildman–Crippen LogP) is 3.02. The summed E-state index contributed by atoms with van der Waals surface area (Å²) < 4.78 is 0. The number of aromatic nitrogens is 2. The molecule has 35 heavy (non-hydrogen) atoms. The van der Waals surface area contributed by atoms with Crippen molar-refractivity contribution >= 4 is 53.3 Å². The van der Waals surface area contributed by atoms with E-state index < -0.39 is 0 Å². The first kappa shape index (κ1) is 33.6. The van der Waals surface area contributed by atoms with Gasteiger partial charge < -0.3 is 26.2 Å². The molecule has 0 bridgehead atoms. The van der Waals surface area contributed by atoms with Crippen LogP contribution in [0.3, 0.4) is 0 Å². The van der Waals surface area contributed by atoms with Crippen molar-refractivity contribution in [3.05, 3.63) is 75.4 Å². The third kappa shape index (κ3) is 10.3. The zero-order valence-corrected chi connectivity index (χ0v) is 24.4. The molecule has 0 saturated heterocycles. The van der Waals surface area contributed by atoms with Crippen molar-refractivity contribution in [2.24, 2.45) is 0 Å². The number of amides is 1. The van der Waals surface area contributed by atoms with E-state index in [1.807, 2.05) is 13.1 Å². The van der Waals surface area contributed by atoms with E-state index in [1.165, 1.54) is 17.3 Å². The van der Waals surface area contributed by atoms with Crippen LogP contribution in [0.15, 0.2) is 42.6 Å². The molecule has 0 radical (unpaired) electrons. The number of hydrogen-bond donors (Lipinski definition) is 4. The first-order valence-electron chi connectivity index (χ1n) is 10.1. The quantitative estimate of drug-likeness (QED) is 0.153. The Labute approximate surface area is 260 Å². The van der Waals surface area contributed by atoms with E-state index in [-0.39, 0.29) is 75.7 Å². The Balaban J connectivity index is 0.000000985. The van der Waals surface area contributed by atoms with E-state index in [2.05, 4.69) is 71.1 Å². The number of aryl methyl sites for hydroxylation is 1. The standard InChI is InChI=1S/C18H22N6O.C6H3Cl2.CH4.K/c1-5-12-6-7-14(8-15(12)18(2,3)20-4)23-17-21-10-13(9-19)16(24-17)22-11-25;7-5-2-1-3-6(8)4-5;;/h6-8,10,19-20H,5H2,1-4H3,(H2,21,22,23,24,25);1-3H;1H4;/q-2;-1;;+1. The van der Waals surface area contributed by atoms with Gasteiger partial charge in [0.1, 0.15) is 0 Å². The number of carbonyl (C=O) groups excluding carboxylic acids is 1. The monoisotopic (exact) mass is 538 g/mol. The maximum absolute atomic E-state index is 10.6. The van der Waals surface area contributed by atoms with Crippen molar-refractivity contribution in [3.8, 4) is 0 Å². The third-order valence-corrected chi connectivity index (χ3v) is 5.30. The first-order valence-corrected chi connectivity index (χ1v) is 10.8. The number of halogens is 2. The minimum atomic E-state index is -0.178. The predicted molar refractivity (Wildman–Crippen MR) is 141 cm³/mol. The number of benzene rings is 2. The van der Waals surface area contributed by atoms with Crippen molar-refractivity contribution in [2.75, 3.05) is 17.7 Å². The molecule has 0 fully saturated rings. The van der Waals surface area contributed by atoms with Gasteiger partial charge in [0.05, 0.1) is 6.41 Å². The zero-order valence-electron chi connectivity index (χ0n) is 19.8. The van der Waals surface area contributed by atoms with Gasteiger partial charge >= 0.3 is 51.4 Å². The van der Waals surface area contributed by atoms with Gasteiger partial charge in [0.25, 0.3) is 0 Å². The van der Waals surface area contributed by atoms with E-state index in [1.54, 1.807) is 24.6 Å². The summed E-state index contributed by atoms with van der Waals surface area (Å²) >= 11 is 11.0. The molecule has 4 N–H and O–H groups in total. The van der Waals surface area contributed by atoms with Crippen molar-refractivity contribution in [1.82, 2.24) is 15.3 Å². The Morgan fingerprint density at radius 2 is 1.83 bits per heavy atom. The van der Waals surface area contributed by atoms with E-state index in [0.717, 1.165) is 12.1 Å².